The monoisotopic (exact) mass is 384 g/mol. The number of halogens is 1. The molecule has 0 saturated carbocycles. The van der Waals surface area contributed by atoms with Gasteiger partial charge in [-0.15, -0.1) is 0 Å². The average molecular weight is 385 g/mol. The van der Waals surface area contributed by atoms with Crippen LogP contribution < -0.4 is 10.1 Å². The van der Waals surface area contributed by atoms with Crippen molar-refractivity contribution < 1.29 is 9.53 Å². The number of benzene rings is 2. The molecule has 142 valence electrons. The van der Waals surface area contributed by atoms with E-state index >= 15 is 0 Å². The van der Waals surface area contributed by atoms with Crippen molar-refractivity contribution in [3.63, 3.8) is 0 Å². The highest BCUT2D eigenvalue weighted by Crippen LogP contribution is 2.29. The van der Waals surface area contributed by atoms with Gasteiger partial charge in [-0.1, -0.05) is 35.9 Å². The molecule has 2 aliphatic rings. The first-order valence-electron chi connectivity index (χ1n) is 9.66. The highest BCUT2D eigenvalue weighted by Gasteiger charge is 2.26. The number of rotatable bonds is 5. The summed E-state index contributed by atoms with van der Waals surface area (Å²) in [7, 11) is 0. The number of nitrogens with zero attached hydrogens (tertiary/aromatic N) is 1. The van der Waals surface area contributed by atoms with E-state index in [9.17, 15) is 4.79 Å². The molecule has 5 heteroatoms. The van der Waals surface area contributed by atoms with Gasteiger partial charge in [0.1, 0.15) is 12.4 Å². The molecule has 0 spiro atoms. The van der Waals surface area contributed by atoms with Crippen molar-refractivity contribution in [1.29, 1.82) is 0 Å². The fourth-order valence-electron chi connectivity index (χ4n) is 3.83. The van der Waals surface area contributed by atoms with Gasteiger partial charge in [-0.2, -0.15) is 0 Å². The number of ether oxygens (including phenoxy) is 1. The van der Waals surface area contributed by atoms with E-state index < -0.39 is 0 Å². The minimum absolute atomic E-state index is 0.0294. The topological polar surface area (TPSA) is 41.6 Å². The summed E-state index contributed by atoms with van der Waals surface area (Å²) in [4.78, 5) is 15.0. The predicted octanol–water partition coefficient (Wildman–Crippen LogP) is 3.80. The maximum Gasteiger partial charge on any atom is 0.227 e. The van der Waals surface area contributed by atoms with E-state index in [1.54, 1.807) is 0 Å². The molecule has 27 heavy (non-hydrogen) atoms. The highest BCUT2D eigenvalue weighted by molar-refractivity contribution is 6.30. The molecule has 4 rings (SSSR count). The lowest BCUT2D eigenvalue weighted by Crippen LogP contribution is -2.37. The van der Waals surface area contributed by atoms with Gasteiger partial charge in [0.2, 0.25) is 5.91 Å². The fraction of sp³-hybridized carbons (Fsp3) is 0.409. The molecule has 2 aromatic carbocycles. The number of carbonyl (C=O) groups is 1. The Morgan fingerprint density at radius 1 is 1.11 bits per heavy atom. The zero-order valence-electron chi connectivity index (χ0n) is 15.4. The molecule has 0 aromatic heterocycles. The lowest BCUT2D eigenvalue weighted by Gasteiger charge is -2.24. The van der Waals surface area contributed by atoms with Crippen molar-refractivity contribution in [3.8, 4) is 5.75 Å². The van der Waals surface area contributed by atoms with Crippen molar-refractivity contribution in [1.82, 2.24) is 10.2 Å². The summed E-state index contributed by atoms with van der Waals surface area (Å²) in [5.74, 6) is 0.684. The third-order valence-corrected chi connectivity index (χ3v) is 5.63. The van der Waals surface area contributed by atoms with Crippen LogP contribution >= 0.6 is 11.6 Å². The van der Waals surface area contributed by atoms with Crippen LogP contribution in [0.2, 0.25) is 5.02 Å². The molecule has 0 bridgehead atoms. The molecule has 2 aromatic rings. The number of carbonyl (C=O) groups excluding carboxylic acids is 1. The first-order valence-corrected chi connectivity index (χ1v) is 10.0. The van der Waals surface area contributed by atoms with Crippen LogP contribution in [-0.4, -0.2) is 30.5 Å². The summed E-state index contributed by atoms with van der Waals surface area (Å²) in [6, 6.07) is 14.1. The van der Waals surface area contributed by atoms with Gasteiger partial charge >= 0.3 is 0 Å². The van der Waals surface area contributed by atoms with Gasteiger partial charge in [-0.05, 0) is 67.2 Å². The Kier molecular flexibility index (Phi) is 5.65. The van der Waals surface area contributed by atoms with Crippen LogP contribution in [0.1, 0.15) is 29.5 Å². The van der Waals surface area contributed by atoms with E-state index in [0.717, 1.165) is 23.4 Å². The summed E-state index contributed by atoms with van der Waals surface area (Å²) >= 11 is 6.05. The van der Waals surface area contributed by atoms with Crippen LogP contribution in [0.25, 0.3) is 0 Å². The fourth-order valence-corrected chi connectivity index (χ4v) is 4.02. The largest absolute Gasteiger partial charge is 0.492 e. The molecule has 1 fully saturated rings. The number of amides is 1. The van der Waals surface area contributed by atoms with Gasteiger partial charge in [-0.3, -0.25) is 9.69 Å². The Labute approximate surface area is 165 Å². The lowest BCUT2D eigenvalue weighted by atomic mass is 9.96. The second-order valence-corrected chi connectivity index (χ2v) is 7.92. The Bertz CT molecular complexity index is 800. The molecule has 1 amide bonds. The average Bonchev–Trinajstić information content (AvgIpc) is 3.19. The second-order valence-electron chi connectivity index (χ2n) is 7.48. The van der Waals surface area contributed by atoms with E-state index in [0.29, 0.717) is 24.6 Å². The SMILES string of the molecule is O=C(NCc1ccc(CN2CCCC2)cc1)[C@@H]1COc2ccc(Cl)cc2C1. The third-order valence-electron chi connectivity index (χ3n) is 5.39. The molecular formula is C22H25ClN2O2. The number of hydrogen-bond acceptors (Lipinski definition) is 3. The second kappa shape index (κ2) is 8.32. The van der Waals surface area contributed by atoms with Crippen LogP contribution in [0, 0.1) is 5.92 Å². The summed E-state index contributed by atoms with van der Waals surface area (Å²) in [5.41, 5.74) is 3.45. The smallest absolute Gasteiger partial charge is 0.227 e. The predicted molar refractivity (Wildman–Crippen MR) is 107 cm³/mol. The Morgan fingerprint density at radius 3 is 2.63 bits per heavy atom. The number of likely N-dealkylation sites (tertiary alicyclic amines) is 1. The molecule has 1 N–H and O–H groups in total. The molecule has 2 aliphatic heterocycles. The number of nitrogens with one attached hydrogen (secondary N) is 1. The van der Waals surface area contributed by atoms with Gasteiger partial charge in [-0.25, -0.2) is 0 Å². The Morgan fingerprint density at radius 2 is 1.85 bits per heavy atom. The Hall–Kier alpha value is -2.04. The standard InChI is InChI=1S/C22H25ClN2O2/c23-20-7-8-21-18(12-20)11-19(15-27-21)22(26)24-13-16-3-5-17(6-4-16)14-25-9-1-2-10-25/h3-8,12,19H,1-2,9-11,13-15H2,(H,24,26)/t19-/m0/s1. The molecule has 0 radical (unpaired) electrons. The maximum atomic E-state index is 12.5. The van der Waals surface area contributed by atoms with Crippen LogP contribution in [0.5, 0.6) is 5.75 Å². The van der Waals surface area contributed by atoms with Crippen molar-refractivity contribution in [2.75, 3.05) is 19.7 Å². The Balaban J connectivity index is 1.29. The minimum atomic E-state index is -0.176. The molecule has 1 saturated heterocycles. The van der Waals surface area contributed by atoms with Gasteiger partial charge < -0.3 is 10.1 Å². The number of fused-ring (bicyclic) bond motifs is 1. The summed E-state index contributed by atoms with van der Waals surface area (Å²) < 4.78 is 5.72. The van der Waals surface area contributed by atoms with Gasteiger partial charge in [0.25, 0.3) is 0 Å². The van der Waals surface area contributed by atoms with Crippen LogP contribution in [0.3, 0.4) is 0 Å². The van der Waals surface area contributed by atoms with E-state index in [4.69, 9.17) is 16.3 Å². The summed E-state index contributed by atoms with van der Waals surface area (Å²) in [6.45, 7) is 4.39. The van der Waals surface area contributed by atoms with Crippen molar-refractivity contribution in [2.45, 2.75) is 32.4 Å². The van der Waals surface area contributed by atoms with Crippen molar-refractivity contribution in [2.24, 2.45) is 5.92 Å². The van der Waals surface area contributed by atoms with E-state index in [-0.39, 0.29) is 11.8 Å². The first-order chi connectivity index (χ1) is 13.2. The van der Waals surface area contributed by atoms with Crippen LogP contribution in [-0.2, 0) is 24.3 Å². The van der Waals surface area contributed by atoms with Gasteiger partial charge in [0.05, 0.1) is 5.92 Å². The van der Waals surface area contributed by atoms with E-state index in [1.807, 2.05) is 18.2 Å². The quantitative estimate of drug-likeness (QED) is 0.852. The zero-order valence-corrected chi connectivity index (χ0v) is 16.2. The summed E-state index contributed by atoms with van der Waals surface area (Å²) in [5, 5.41) is 3.72. The minimum Gasteiger partial charge on any atom is -0.492 e. The zero-order chi connectivity index (χ0) is 18.6. The maximum absolute atomic E-state index is 12.5. The summed E-state index contributed by atoms with van der Waals surface area (Å²) in [6.07, 6.45) is 3.29. The van der Waals surface area contributed by atoms with Gasteiger partial charge in [0, 0.05) is 18.1 Å². The molecular weight excluding hydrogens is 360 g/mol. The third kappa shape index (κ3) is 4.63. The van der Waals surface area contributed by atoms with E-state index in [1.165, 1.54) is 31.5 Å². The van der Waals surface area contributed by atoms with Crippen molar-refractivity contribution in [3.05, 3.63) is 64.2 Å². The molecule has 0 aliphatic carbocycles. The normalized spacial score (nSPS) is 19.4. The molecule has 0 unspecified atom stereocenters. The molecule has 1 atom stereocenters. The number of hydrogen-bond donors (Lipinski definition) is 1. The lowest BCUT2D eigenvalue weighted by molar-refractivity contribution is -0.126. The molecule has 2 heterocycles. The van der Waals surface area contributed by atoms with Crippen LogP contribution in [0.4, 0.5) is 0 Å². The highest BCUT2D eigenvalue weighted by atomic mass is 35.5. The van der Waals surface area contributed by atoms with E-state index in [2.05, 4.69) is 34.5 Å². The molecule has 4 nitrogen and oxygen atoms in total. The first kappa shape index (κ1) is 18.3. The van der Waals surface area contributed by atoms with Crippen molar-refractivity contribution >= 4 is 17.5 Å². The van der Waals surface area contributed by atoms with Gasteiger partial charge in [0.15, 0.2) is 0 Å². The van der Waals surface area contributed by atoms with Crippen LogP contribution in [0.15, 0.2) is 42.5 Å².